The van der Waals surface area contributed by atoms with Crippen LogP contribution in [0.1, 0.15) is 5.69 Å². The van der Waals surface area contributed by atoms with E-state index in [1.54, 1.807) is 23.3 Å². The summed E-state index contributed by atoms with van der Waals surface area (Å²) in [5, 5.41) is 4.06. The third kappa shape index (κ3) is 1.60. The Hall–Kier alpha value is -1.43. The van der Waals surface area contributed by atoms with E-state index in [0.29, 0.717) is 11.6 Å². The number of nitrogens with zero attached hydrogens (tertiary/aromatic N) is 4. The average molecular weight is 254 g/mol. The number of hydrogen-bond acceptors (Lipinski definition) is 4. The molecule has 0 saturated heterocycles. The van der Waals surface area contributed by atoms with Crippen molar-refractivity contribution in [3.05, 3.63) is 28.8 Å². The molecule has 2 heterocycles. The molecule has 0 amide bonds. The Morgan fingerprint density at radius 3 is 2.79 bits per heavy atom. The van der Waals surface area contributed by atoms with E-state index < -0.39 is 0 Å². The van der Waals surface area contributed by atoms with Crippen molar-refractivity contribution in [2.45, 2.75) is 6.92 Å². The molecule has 0 fully saturated rings. The third-order valence-corrected chi connectivity index (χ3v) is 2.17. The van der Waals surface area contributed by atoms with Crippen molar-refractivity contribution >= 4 is 21.6 Å². The number of halogens is 1. The molecule has 14 heavy (non-hydrogen) atoms. The lowest BCUT2D eigenvalue weighted by Crippen LogP contribution is -2.04. The highest BCUT2D eigenvalue weighted by Gasteiger charge is 2.03. The van der Waals surface area contributed by atoms with Gasteiger partial charge in [0.25, 0.3) is 5.95 Å². The Morgan fingerprint density at radius 1 is 1.43 bits per heavy atom. The molecule has 0 unspecified atom stereocenters. The number of anilines is 1. The molecule has 0 aliphatic rings. The monoisotopic (exact) mass is 253 g/mol. The van der Waals surface area contributed by atoms with E-state index in [1.165, 1.54) is 0 Å². The van der Waals surface area contributed by atoms with E-state index in [4.69, 9.17) is 5.73 Å². The van der Waals surface area contributed by atoms with Crippen LogP contribution in [0.2, 0.25) is 0 Å². The molecular weight excluding hydrogens is 246 g/mol. The van der Waals surface area contributed by atoms with Crippen molar-refractivity contribution in [3.63, 3.8) is 0 Å². The molecule has 0 spiro atoms. The second-order valence-electron chi connectivity index (χ2n) is 2.81. The van der Waals surface area contributed by atoms with Gasteiger partial charge in [-0.2, -0.15) is 5.10 Å². The van der Waals surface area contributed by atoms with Crippen molar-refractivity contribution < 1.29 is 0 Å². The molecule has 5 nitrogen and oxygen atoms in total. The first-order chi connectivity index (χ1) is 6.66. The lowest BCUT2D eigenvalue weighted by Gasteiger charge is -2.01. The molecule has 0 aliphatic heterocycles. The third-order valence-electron chi connectivity index (χ3n) is 1.76. The van der Waals surface area contributed by atoms with E-state index in [1.807, 2.05) is 6.92 Å². The number of nitrogens with two attached hydrogens (primary N) is 1. The molecule has 2 N–H and O–H groups in total. The van der Waals surface area contributed by atoms with Gasteiger partial charge in [0.05, 0.1) is 28.2 Å². The van der Waals surface area contributed by atoms with Crippen LogP contribution in [-0.4, -0.2) is 19.7 Å². The fourth-order valence-electron chi connectivity index (χ4n) is 0.985. The summed E-state index contributed by atoms with van der Waals surface area (Å²) in [5.74, 6) is 0.516. The number of rotatable bonds is 1. The SMILES string of the molecule is Cc1nc(-n2cc(Br)cn2)ncc1N. The zero-order valence-corrected chi connectivity index (χ0v) is 9.06. The Labute approximate surface area is 89.1 Å². The predicted molar refractivity (Wildman–Crippen MR) is 56.0 cm³/mol. The van der Waals surface area contributed by atoms with Crippen molar-refractivity contribution in [1.29, 1.82) is 0 Å². The Morgan fingerprint density at radius 2 is 2.21 bits per heavy atom. The summed E-state index contributed by atoms with van der Waals surface area (Å²) in [7, 11) is 0. The maximum absolute atomic E-state index is 5.61. The predicted octanol–water partition coefficient (Wildman–Crippen LogP) is 1.32. The summed E-state index contributed by atoms with van der Waals surface area (Å²) in [6, 6.07) is 0. The van der Waals surface area contributed by atoms with Gasteiger partial charge in [0, 0.05) is 6.20 Å². The van der Waals surface area contributed by atoms with Gasteiger partial charge in [-0.1, -0.05) is 0 Å². The molecule has 0 aromatic carbocycles. The molecule has 72 valence electrons. The molecule has 2 aromatic rings. The Balaban J connectivity index is 2.47. The maximum atomic E-state index is 5.61. The van der Waals surface area contributed by atoms with Gasteiger partial charge >= 0.3 is 0 Å². The van der Waals surface area contributed by atoms with Crippen molar-refractivity contribution in [1.82, 2.24) is 19.7 Å². The van der Waals surface area contributed by atoms with Crippen LogP contribution in [-0.2, 0) is 0 Å². The minimum Gasteiger partial charge on any atom is -0.396 e. The zero-order valence-electron chi connectivity index (χ0n) is 7.48. The first-order valence-corrected chi connectivity index (χ1v) is 4.76. The van der Waals surface area contributed by atoms with Gasteiger partial charge in [0.1, 0.15) is 0 Å². The van der Waals surface area contributed by atoms with Crippen LogP contribution in [0.3, 0.4) is 0 Å². The summed E-state index contributed by atoms with van der Waals surface area (Å²) in [5.41, 5.74) is 6.94. The summed E-state index contributed by atoms with van der Waals surface area (Å²) in [4.78, 5) is 8.27. The van der Waals surface area contributed by atoms with Gasteiger partial charge in [0.2, 0.25) is 0 Å². The van der Waals surface area contributed by atoms with E-state index in [2.05, 4.69) is 31.0 Å². The smallest absolute Gasteiger partial charge is 0.250 e. The van der Waals surface area contributed by atoms with E-state index in [-0.39, 0.29) is 0 Å². The van der Waals surface area contributed by atoms with Gasteiger partial charge in [-0.05, 0) is 22.9 Å². The fraction of sp³-hybridized carbons (Fsp3) is 0.125. The summed E-state index contributed by atoms with van der Waals surface area (Å²) >= 11 is 3.30. The lowest BCUT2D eigenvalue weighted by atomic mass is 10.4. The van der Waals surface area contributed by atoms with Crippen molar-refractivity contribution in [2.75, 3.05) is 5.73 Å². The highest BCUT2D eigenvalue weighted by atomic mass is 79.9. The number of hydrogen-bond donors (Lipinski definition) is 1. The van der Waals surface area contributed by atoms with Crippen LogP contribution in [0.25, 0.3) is 5.95 Å². The summed E-state index contributed by atoms with van der Waals surface area (Å²) < 4.78 is 2.46. The molecule has 6 heteroatoms. The normalized spacial score (nSPS) is 10.4. The molecule has 0 aliphatic carbocycles. The molecule has 2 aromatic heterocycles. The second-order valence-corrected chi connectivity index (χ2v) is 3.73. The maximum Gasteiger partial charge on any atom is 0.250 e. The van der Waals surface area contributed by atoms with Crippen LogP contribution in [0, 0.1) is 6.92 Å². The van der Waals surface area contributed by atoms with E-state index in [0.717, 1.165) is 10.2 Å². The molecule has 0 saturated carbocycles. The minimum absolute atomic E-state index is 0.516. The number of aryl methyl sites for hydroxylation is 1. The highest BCUT2D eigenvalue weighted by molar-refractivity contribution is 9.10. The zero-order chi connectivity index (χ0) is 10.1. The fourth-order valence-corrected chi connectivity index (χ4v) is 1.27. The van der Waals surface area contributed by atoms with Crippen LogP contribution in [0.5, 0.6) is 0 Å². The van der Waals surface area contributed by atoms with Gasteiger partial charge < -0.3 is 5.73 Å². The quantitative estimate of drug-likeness (QED) is 0.833. The van der Waals surface area contributed by atoms with Gasteiger partial charge in [-0.3, -0.25) is 0 Å². The second kappa shape index (κ2) is 3.38. The standard InChI is InChI=1S/C8H8BrN5/c1-5-7(10)3-11-8(13-5)14-4-6(9)2-12-14/h2-4H,10H2,1H3. The number of nitrogen functional groups attached to an aromatic ring is 1. The highest BCUT2D eigenvalue weighted by Crippen LogP contribution is 2.11. The van der Waals surface area contributed by atoms with Crippen LogP contribution < -0.4 is 5.73 Å². The molecule has 0 atom stereocenters. The van der Waals surface area contributed by atoms with Gasteiger partial charge in [-0.15, -0.1) is 0 Å². The molecule has 0 bridgehead atoms. The summed E-state index contributed by atoms with van der Waals surface area (Å²) in [6.07, 6.45) is 5.03. The average Bonchev–Trinajstić information content (AvgIpc) is 2.57. The van der Waals surface area contributed by atoms with Crippen LogP contribution >= 0.6 is 15.9 Å². The van der Waals surface area contributed by atoms with Crippen molar-refractivity contribution in [2.24, 2.45) is 0 Å². The van der Waals surface area contributed by atoms with Crippen LogP contribution in [0.15, 0.2) is 23.1 Å². The van der Waals surface area contributed by atoms with Gasteiger partial charge in [0.15, 0.2) is 0 Å². The molecule has 0 radical (unpaired) electrons. The molecule has 2 rings (SSSR count). The van der Waals surface area contributed by atoms with Crippen molar-refractivity contribution in [3.8, 4) is 5.95 Å². The van der Waals surface area contributed by atoms with E-state index >= 15 is 0 Å². The first kappa shape index (κ1) is 9.14. The minimum atomic E-state index is 0.516. The Bertz CT molecular complexity index is 465. The Kier molecular flexibility index (Phi) is 2.20. The topological polar surface area (TPSA) is 69.6 Å². The first-order valence-electron chi connectivity index (χ1n) is 3.96. The van der Waals surface area contributed by atoms with Crippen LogP contribution in [0.4, 0.5) is 5.69 Å². The lowest BCUT2D eigenvalue weighted by molar-refractivity contribution is 0.802. The largest absolute Gasteiger partial charge is 0.396 e. The van der Waals surface area contributed by atoms with Gasteiger partial charge in [-0.25, -0.2) is 14.6 Å². The van der Waals surface area contributed by atoms with E-state index in [9.17, 15) is 0 Å². The number of aromatic nitrogens is 4. The molecular formula is C8H8BrN5. The summed E-state index contributed by atoms with van der Waals surface area (Å²) in [6.45, 7) is 1.83.